The van der Waals surface area contributed by atoms with Crippen LogP contribution in [0.5, 0.6) is 0 Å². The van der Waals surface area contributed by atoms with Gasteiger partial charge in [0.1, 0.15) is 60.4 Å². The number of carbonyl (C=O) groups excluding carboxylic acids is 1. The molecule has 4 aromatic heterocycles. The number of halogens is 2. The molecule has 3 unspecified atom stereocenters. The number of fused-ring (bicyclic) bond motifs is 4. The Morgan fingerprint density at radius 2 is 1.43 bits per heavy atom. The second-order valence-corrected chi connectivity index (χ2v) is 18.9. The number of imidazole rings is 2. The molecule has 3 aliphatic heterocycles. The van der Waals surface area contributed by atoms with Crippen LogP contribution in [0.2, 0.25) is 0 Å². The third-order valence-corrected chi connectivity index (χ3v) is 12.8. The van der Waals surface area contributed by atoms with Gasteiger partial charge in [-0.15, -0.1) is 0 Å². The third-order valence-electron chi connectivity index (χ3n) is 8.39. The highest BCUT2D eigenvalue weighted by atomic mass is 32.7. The predicted octanol–water partition coefficient (Wildman–Crippen LogP) is 2.65. The predicted molar refractivity (Wildman–Crippen MR) is 179 cm³/mol. The van der Waals surface area contributed by atoms with Crippen LogP contribution in [0.15, 0.2) is 25.3 Å². The van der Waals surface area contributed by atoms with Crippen molar-refractivity contribution in [2.24, 2.45) is 5.41 Å². The molecule has 53 heavy (non-hydrogen) atoms. The first kappa shape index (κ1) is 37.9. The molecule has 3 aliphatic rings. The van der Waals surface area contributed by atoms with E-state index in [2.05, 4.69) is 29.9 Å². The van der Waals surface area contributed by atoms with Crippen molar-refractivity contribution in [3.8, 4) is 0 Å². The van der Waals surface area contributed by atoms with E-state index < -0.39 is 100 Å². The van der Waals surface area contributed by atoms with Gasteiger partial charge in [0.15, 0.2) is 47.7 Å². The van der Waals surface area contributed by atoms with E-state index in [0.717, 1.165) is 12.7 Å². The van der Waals surface area contributed by atoms with Crippen molar-refractivity contribution in [2.75, 3.05) is 37.0 Å². The van der Waals surface area contributed by atoms with Crippen LogP contribution in [-0.2, 0) is 46.4 Å². The highest BCUT2D eigenvalue weighted by molar-refractivity contribution is 8.55. The van der Waals surface area contributed by atoms with Crippen LogP contribution in [0.25, 0.3) is 22.3 Å². The van der Waals surface area contributed by atoms with E-state index in [9.17, 15) is 18.8 Å². The van der Waals surface area contributed by atoms with Gasteiger partial charge in [-0.25, -0.2) is 43.2 Å². The summed E-state index contributed by atoms with van der Waals surface area (Å²) in [6.45, 7) is -1.34. The van der Waals surface area contributed by atoms with E-state index in [0.29, 0.717) is 11.4 Å². The van der Waals surface area contributed by atoms with E-state index >= 15 is 8.78 Å². The first-order chi connectivity index (χ1) is 25.1. The summed E-state index contributed by atoms with van der Waals surface area (Å²) >= 11 is 0.399. The number of ether oxygens (including phenoxy) is 4. The van der Waals surface area contributed by atoms with Gasteiger partial charge in [-0.3, -0.25) is 27.5 Å². The van der Waals surface area contributed by atoms with Gasteiger partial charge >= 0.3 is 20.4 Å². The number of hydrogen-bond acceptors (Lipinski definition) is 19. The molecule has 3 saturated heterocycles. The van der Waals surface area contributed by atoms with Crippen molar-refractivity contribution in [2.45, 2.75) is 70.0 Å². The molecule has 0 bridgehead atoms. The zero-order valence-corrected chi connectivity index (χ0v) is 30.7. The maximum Gasteiger partial charge on any atom is 0.392 e. The standard InChI is InChI=1S/C27H34F2N10O11P2S/c1-27(2,3)26(40)45-11-53-52(43)47-5-12-18(14(28)24(48-12)38-8-36-16-20(30)32-6-34-22(16)38)44-10-51(41,42)46-4-13-19(50-52)15(29)25(49-13)39-9-37-17-21(31)33-7-35-23(17)39/h6-9,12-15,18-19,24-25H,4-5,10-11H2,1-3H3,(H,41,42)(H2,30,32,34)(H2,31,33,35)/t12-,13?,14-,15-,18-,19-,24-,25-,52?/m1/s1. The highest BCUT2D eigenvalue weighted by Gasteiger charge is 2.54. The molecule has 7 heterocycles. The van der Waals surface area contributed by atoms with Gasteiger partial charge in [0, 0.05) is 11.4 Å². The zero-order valence-electron chi connectivity index (χ0n) is 28.1. The Hall–Kier alpha value is -3.44. The molecule has 0 spiro atoms. The molecule has 26 heteroatoms. The van der Waals surface area contributed by atoms with Crippen molar-refractivity contribution in [1.82, 2.24) is 39.0 Å². The third kappa shape index (κ3) is 7.49. The zero-order chi connectivity index (χ0) is 37.9. The molecule has 21 nitrogen and oxygen atoms in total. The Balaban J connectivity index is 1.20. The number of nitrogens with zero attached hydrogens (tertiary/aromatic N) is 8. The summed E-state index contributed by atoms with van der Waals surface area (Å²) in [6, 6.07) is 0. The molecule has 7 rings (SSSR count). The van der Waals surface area contributed by atoms with E-state index in [4.69, 9.17) is 44.0 Å². The molecule has 4 aromatic rings. The molecule has 0 saturated carbocycles. The number of esters is 1. The Bertz CT molecular complexity index is 2110. The lowest BCUT2D eigenvalue weighted by Gasteiger charge is -2.26. The minimum absolute atomic E-state index is 0.00781. The second kappa shape index (κ2) is 14.3. The van der Waals surface area contributed by atoms with Crippen LogP contribution in [0, 0.1) is 5.41 Å². The van der Waals surface area contributed by atoms with Gasteiger partial charge in [-0.1, -0.05) is 0 Å². The number of aromatic nitrogens is 8. The summed E-state index contributed by atoms with van der Waals surface area (Å²) in [5.41, 5.74) is 11.3. The molecule has 5 N–H and O–H groups in total. The highest BCUT2D eigenvalue weighted by Crippen LogP contribution is 2.63. The maximum absolute atomic E-state index is 16.5. The first-order valence-electron chi connectivity index (χ1n) is 15.8. The number of nitrogens with two attached hydrogens (primary N) is 2. The van der Waals surface area contributed by atoms with Gasteiger partial charge < -0.3 is 39.8 Å². The first-order valence-corrected chi connectivity index (χ1v) is 20.7. The van der Waals surface area contributed by atoms with E-state index in [1.807, 2.05) is 0 Å². The molecule has 0 amide bonds. The Labute approximate surface area is 302 Å². The van der Waals surface area contributed by atoms with Crippen LogP contribution in [0.1, 0.15) is 33.2 Å². The van der Waals surface area contributed by atoms with Crippen molar-refractivity contribution in [1.29, 1.82) is 0 Å². The van der Waals surface area contributed by atoms with Gasteiger partial charge in [0.2, 0.25) is 0 Å². The van der Waals surface area contributed by atoms with Crippen LogP contribution >= 0.6 is 25.8 Å². The molecular weight excluding hydrogens is 772 g/mol. The molecule has 0 aliphatic carbocycles. The summed E-state index contributed by atoms with van der Waals surface area (Å²) in [5, 5.41) is 0. The summed E-state index contributed by atoms with van der Waals surface area (Å²) in [7, 11) is -4.71. The molecule has 0 aromatic carbocycles. The summed E-state index contributed by atoms with van der Waals surface area (Å²) in [5.74, 6) is -1.20. The number of alkyl halides is 2. The van der Waals surface area contributed by atoms with Crippen LogP contribution in [0.4, 0.5) is 20.4 Å². The molecular formula is C27H34F2N10O11P2S. The number of carbonyl (C=O) groups is 1. The maximum atomic E-state index is 16.5. The van der Waals surface area contributed by atoms with Gasteiger partial charge in [-0.2, -0.15) is 0 Å². The lowest BCUT2D eigenvalue weighted by Crippen LogP contribution is -2.35. The lowest BCUT2D eigenvalue weighted by molar-refractivity contribution is -0.150. The second-order valence-electron chi connectivity index (χ2n) is 13.1. The van der Waals surface area contributed by atoms with Crippen LogP contribution in [0.3, 0.4) is 0 Å². The van der Waals surface area contributed by atoms with E-state index in [1.54, 1.807) is 20.8 Å². The van der Waals surface area contributed by atoms with E-state index in [-0.39, 0.29) is 34.0 Å². The fourth-order valence-corrected chi connectivity index (χ4v) is 9.33. The average Bonchev–Trinajstić information content (AvgIpc) is 3.86. The Morgan fingerprint density at radius 3 is 2.00 bits per heavy atom. The number of nitrogen functional groups attached to an aromatic ring is 2. The summed E-state index contributed by atoms with van der Waals surface area (Å²) < 4.78 is 103. The normalized spacial score (nSPS) is 34.2. The van der Waals surface area contributed by atoms with Gasteiger partial charge in [-0.05, 0) is 20.8 Å². The van der Waals surface area contributed by atoms with Crippen molar-refractivity contribution in [3.63, 3.8) is 0 Å². The number of hydrogen-bond donors (Lipinski definition) is 3. The van der Waals surface area contributed by atoms with Gasteiger partial charge in [0.05, 0.1) is 31.3 Å². The Kier molecular flexibility index (Phi) is 10.2. The lowest BCUT2D eigenvalue weighted by atomic mass is 9.98. The van der Waals surface area contributed by atoms with E-state index in [1.165, 1.54) is 21.8 Å². The summed E-state index contributed by atoms with van der Waals surface area (Å²) in [6.07, 6.45) is -9.95. The molecule has 288 valence electrons. The molecule has 10 atom stereocenters. The number of anilines is 2. The van der Waals surface area contributed by atoms with Gasteiger partial charge in [0.25, 0.3) is 0 Å². The van der Waals surface area contributed by atoms with Crippen LogP contribution in [-0.4, -0.2) is 112 Å². The monoisotopic (exact) mass is 806 g/mol. The SMILES string of the molecule is CC(C)(C)C(=O)OCSP1(=O)OC[C@H]2O[C@@H](n3cnc4c(N)ncnc43)[C@H](F)[C@@H]2OCP(=O)(O)OCC2O[C@@H](n3cnc4c(N)ncnc43)[C@H](F)[C@@H]2O1. The summed E-state index contributed by atoms with van der Waals surface area (Å²) in [4.78, 5) is 47.4. The minimum atomic E-state index is -4.71. The fourth-order valence-electron chi connectivity index (χ4n) is 5.72. The Morgan fingerprint density at radius 1 is 0.906 bits per heavy atom. The van der Waals surface area contributed by atoms with Crippen LogP contribution < -0.4 is 11.5 Å². The average molecular weight is 807 g/mol. The quantitative estimate of drug-likeness (QED) is 0.148. The number of rotatable bonds is 5. The fraction of sp³-hybridized carbons (Fsp3) is 0.593. The van der Waals surface area contributed by atoms with Crippen molar-refractivity contribution >= 4 is 65.7 Å². The largest absolute Gasteiger partial charge is 0.454 e. The molecule has 0 radical (unpaired) electrons. The van der Waals surface area contributed by atoms with Crippen molar-refractivity contribution < 1.29 is 60.1 Å². The molecule has 3 fully saturated rings. The smallest absolute Gasteiger partial charge is 0.392 e. The minimum Gasteiger partial charge on any atom is -0.454 e. The topological polar surface area (TPSA) is 275 Å². The van der Waals surface area contributed by atoms with Crippen molar-refractivity contribution in [3.05, 3.63) is 25.3 Å².